The second kappa shape index (κ2) is 14.8. The highest BCUT2D eigenvalue weighted by Crippen LogP contribution is 2.38. The van der Waals surface area contributed by atoms with E-state index in [4.69, 9.17) is 4.42 Å². The van der Waals surface area contributed by atoms with Crippen LogP contribution in [0.1, 0.15) is 0 Å². The quantitative estimate of drug-likeness (QED) is 0.161. The summed E-state index contributed by atoms with van der Waals surface area (Å²) in [6.45, 7) is 0. The van der Waals surface area contributed by atoms with Crippen molar-refractivity contribution in [3.8, 4) is 72.4 Å². The molecule has 0 aliphatic rings. The van der Waals surface area contributed by atoms with Crippen molar-refractivity contribution in [2.45, 2.75) is 0 Å². The number of rotatable bonds is 7. The van der Waals surface area contributed by atoms with Crippen molar-refractivity contribution in [1.82, 2.24) is 9.55 Å². The van der Waals surface area contributed by atoms with Crippen molar-refractivity contribution in [2.24, 2.45) is 0 Å². The lowest BCUT2D eigenvalue weighted by atomic mass is 9.93. The molecule has 62 heavy (non-hydrogen) atoms. The van der Waals surface area contributed by atoms with Gasteiger partial charge in [-0.05, 0) is 152 Å². The summed E-state index contributed by atoms with van der Waals surface area (Å²) in [5.41, 5.74) is 20.3. The number of hydrogen-bond acceptors (Lipinski definition) is 2. The number of benzene rings is 9. The fourth-order valence-electron chi connectivity index (χ4n) is 9.18. The molecule has 0 saturated heterocycles. The molecule has 12 rings (SSSR count). The molecular weight excluding hydrogens is 753 g/mol. The van der Waals surface area contributed by atoms with Crippen LogP contribution in [0.5, 0.6) is 0 Å². The molecule has 9 aromatic carbocycles. The van der Waals surface area contributed by atoms with Crippen LogP contribution < -0.4 is 0 Å². The van der Waals surface area contributed by atoms with Gasteiger partial charge in [0.05, 0.1) is 11.0 Å². The molecule has 12 aromatic rings. The highest BCUT2D eigenvalue weighted by molar-refractivity contribution is 6.10. The van der Waals surface area contributed by atoms with Gasteiger partial charge in [0.1, 0.15) is 11.1 Å². The van der Waals surface area contributed by atoms with Crippen LogP contribution in [0.15, 0.2) is 235 Å². The maximum Gasteiger partial charge on any atom is 0.153 e. The summed E-state index contributed by atoms with van der Waals surface area (Å²) in [5.74, 6) is 0. The maximum atomic E-state index is 6.04. The minimum Gasteiger partial charge on any atom is -0.454 e. The zero-order valence-corrected chi connectivity index (χ0v) is 33.7. The van der Waals surface area contributed by atoms with Crippen LogP contribution in [-0.4, -0.2) is 9.55 Å². The summed E-state index contributed by atoms with van der Waals surface area (Å²) in [6.07, 6.45) is 1.82. The first-order chi connectivity index (χ1) is 30.7. The van der Waals surface area contributed by atoms with Crippen LogP contribution in [-0.2, 0) is 0 Å². The molecule has 0 aliphatic heterocycles. The molecule has 3 nitrogen and oxygen atoms in total. The smallest absolute Gasteiger partial charge is 0.153 e. The van der Waals surface area contributed by atoms with Gasteiger partial charge in [0.2, 0.25) is 0 Å². The molecule has 0 aliphatic carbocycles. The van der Waals surface area contributed by atoms with Crippen molar-refractivity contribution >= 4 is 43.9 Å². The van der Waals surface area contributed by atoms with E-state index in [0.717, 1.165) is 33.2 Å². The van der Waals surface area contributed by atoms with Gasteiger partial charge in [0.15, 0.2) is 5.58 Å². The lowest BCUT2D eigenvalue weighted by molar-refractivity contribution is 0.668. The van der Waals surface area contributed by atoms with E-state index in [2.05, 4.69) is 216 Å². The van der Waals surface area contributed by atoms with Crippen molar-refractivity contribution in [3.05, 3.63) is 231 Å². The van der Waals surface area contributed by atoms with Crippen LogP contribution in [0.25, 0.3) is 116 Å². The van der Waals surface area contributed by atoms with Gasteiger partial charge in [0, 0.05) is 28.0 Å². The first-order valence-electron chi connectivity index (χ1n) is 21.1. The Morgan fingerprint density at radius 3 is 1.26 bits per heavy atom. The van der Waals surface area contributed by atoms with Crippen LogP contribution in [0.3, 0.4) is 0 Å². The maximum absolute atomic E-state index is 6.04. The van der Waals surface area contributed by atoms with E-state index in [1.54, 1.807) is 0 Å². The molecule has 290 valence electrons. The fraction of sp³-hybridized carbons (Fsp3) is 0. The van der Waals surface area contributed by atoms with Gasteiger partial charge in [-0.15, -0.1) is 0 Å². The normalized spacial score (nSPS) is 11.5. The fourth-order valence-corrected chi connectivity index (χ4v) is 9.18. The van der Waals surface area contributed by atoms with Gasteiger partial charge in [-0.25, -0.2) is 0 Å². The van der Waals surface area contributed by atoms with E-state index in [0.29, 0.717) is 0 Å². The number of furan rings is 1. The second-order valence-corrected chi connectivity index (χ2v) is 16.0. The van der Waals surface area contributed by atoms with Gasteiger partial charge in [-0.1, -0.05) is 140 Å². The molecule has 0 spiro atoms. The Morgan fingerprint density at radius 2 is 0.726 bits per heavy atom. The van der Waals surface area contributed by atoms with Crippen molar-refractivity contribution in [2.75, 3.05) is 0 Å². The Bertz CT molecular complexity index is 3650. The molecule has 0 fully saturated rings. The summed E-state index contributed by atoms with van der Waals surface area (Å²) < 4.78 is 8.41. The molecule has 0 bridgehead atoms. The van der Waals surface area contributed by atoms with E-state index in [1.807, 2.05) is 24.4 Å². The standard InChI is InChI=1S/C59H38N2O/c1-2-22-51(23-3-1)61-55-25-5-4-24-52(55)53-37-49(27-29-56(53)61)47-20-9-18-45(35-47)43-16-7-14-41(33-43)39-12-6-13-40(32-39)42-15-8-17-44(34-42)46-19-10-21-48(36-46)50-28-30-57-54(38-50)59-58(62-57)26-11-31-60-59/h1-38H. The Hall–Kier alpha value is -8.27. The third-order valence-electron chi connectivity index (χ3n) is 12.2. The first-order valence-corrected chi connectivity index (χ1v) is 21.1. The van der Waals surface area contributed by atoms with Crippen LogP contribution >= 0.6 is 0 Å². The number of fused-ring (bicyclic) bond motifs is 6. The average molecular weight is 791 g/mol. The SMILES string of the molecule is c1ccc(-n2c3ccccc3c3cc(-c4cccc(-c5cccc(-c6cccc(-c7cccc(-c8cccc(-c9ccc%10oc%11cccnc%11c%10c9)c8)c7)c6)c5)c4)ccc32)cc1. The summed E-state index contributed by atoms with van der Waals surface area (Å²) in [4.78, 5) is 4.59. The first kappa shape index (κ1) is 35.7. The van der Waals surface area contributed by atoms with Gasteiger partial charge >= 0.3 is 0 Å². The van der Waals surface area contributed by atoms with E-state index in [-0.39, 0.29) is 0 Å². The third-order valence-corrected chi connectivity index (χ3v) is 12.2. The van der Waals surface area contributed by atoms with Crippen LogP contribution in [0.2, 0.25) is 0 Å². The monoisotopic (exact) mass is 790 g/mol. The molecule has 0 radical (unpaired) electrons. The topological polar surface area (TPSA) is 31.0 Å². The molecule has 3 heteroatoms. The highest BCUT2D eigenvalue weighted by atomic mass is 16.3. The van der Waals surface area contributed by atoms with Gasteiger partial charge in [-0.2, -0.15) is 0 Å². The Balaban J connectivity index is 0.839. The largest absolute Gasteiger partial charge is 0.454 e. The molecule has 3 heterocycles. The summed E-state index contributed by atoms with van der Waals surface area (Å²) >= 11 is 0. The minimum absolute atomic E-state index is 0.807. The lowest BCUT2D eigenvalue weighted by Crippen LogP contribution is -1.92. The van der Waals surface area contributed by atoms with E-state index < -0.39 is 0 Å². The lowest BCUT2D eigenvalue weighted by Gasteiger charge is -2.11. The average Bonchev–Trinajstić information content (AvgIpc) is 3.90. The van der Waals surface area contributed by atoms with E-state index in [9.17, 15) is 0 Å². The van der Waals surface area contributed by atoms with Crippen LogP contribution in [0, 0.1) is 0 Å². The predicted molar refractivity (Wildman–Crippen MR) is 258 cm³/mol. The minimum atomic E-state index is 0.807. The van der Waals surface area contributed by atoms with Gasteiger partial charge < -0.3 is 8.98 Å². The number of para-hydroxylation sites is 2. The summed E-state index contributed by atoms with van der Waals surface area (Å²) in [7, 11) is 0. The molecule has 0 N–H and O–H groups in total. The number of hydrogen-bond donors (Lipinski definition) is 0. The summed E-state index contributed by atoms with van der Waals surface area (Å²) in [5, 5.41) is 3.54. The summed E-state index contributed by atoms with van der Waals surface area (Å²) in [6, 6.07) is 80.8. The Labute approximate surface area is 359 Å². The second-order valence-electron chi connectivity index (χ2n) is 16.0. The zero-order valence-electron chi connectivity index (χ0n) is 33.7. The van der Waals surface area contributed by atoms with E-state index in [1.165, 1.54) is 83.1 Å². The van der Waals surface area contributed by atoms with Crippen molar-refractivity contribution in [3.63, 3.8) is 0 Å². The molecule has 0 saturated carbocycles. The van der Waals surface area contributed by atoms with Crippen molar-refractivity contribution in [1.29, 1.82) is 0 Å². The van der Waals surface area contributed by atoms with Crippen LogP contribution in [0.4, 0.5) is 0 Å². The van der Waals surface area contributed by atoms with Gasteiger partial charge in [0.25, 0.3) is 0 Å². The van der Waals surface area contributed by atoms with Crippen molar-refractivity contribution < 1.29 is 4.42 Å². The molecule has 3 aromatic heterocycles. The molecule has 0 amide bonds. The number of pyridine rings is 1. The zero-order chi connectivity index (χ0) is 41.0. The molecule has 0 atom stereocenters. The number of aromatic nitrogens is 2. The Morgan fingerprint density at radius 1 is 0.290 bits per heavy atom. The highest BCUT2D eigenvalue weighted by Gasteiger charge is 2.15. The number of nitrogens with zero attached hydrogens (tertiary/aromatic N) is 2. The molecular formula is C59H38N2O. The predicted octanol–water partition coefficient (Wildman–Crippen LogP) is 16.1. The molecule has 0 unspecified atom stereocenters. The van der Waals surface area contributed by atoms with Gasteiger partial charge in [-0.3, -0.25) is 4.98 Å². The third kappa shape index (κ3) is 6.27. The van der Waals surface area contributed by atoms with E-state index >= 15 is 0 Å². The Kier molecular flexibility index (Phi) is 8.50.